The van der Waals surface area contributed by atoms with Crippen LogP contribution in [0.4, 0.5) is 5.13 Å². The predicted molar refractivity (Wildman–Crippen MR) is 153 cm³/mol. The minimum atomic E-state index is -0.608. The number of amides is 1. The third kappa shape index (κ3) is 7.58. The van der Waals surface area contributed by atoms with Crippen molar-refractivity contribution in [1.82, 2.24) is 4.98 Å². The Labute approximate surface area is 239 Å². The van der Waals surface area contributed by atoms with Crippen LogP contribution in [-0.2, 0) is 16.0 Å². The average molecular weight is 580 g/mol. The summed E-state index contributed by atoms with van der Waals surface area (Å²) >= 11 is 13.6. The molecular formula is C29H23Cl2N3O4S. The number of ether oxygens (including phenoxy) is 1. The van der Waals surface area contributed by atoms with Gasteiger partial charge in [0.1, 0.15) is 23.2 Å². The fraction of sp³-hybridized carbons (Fsp3) is 0.172. The topological polar surface area (TPSA) is 105 Å². The van der Waals surface area contributed by atoms with E-state index in [4.69, 9.17) is 32.4 Å². The fourth-order valence-corrected chi connectivity index (χ4v) is 4.73. The Morgan fingerprint density at radius 3 is 2.69 bits per heavy atom. The highest BCUT2D eigenvalue weighted by Crippen LogP contribution is 2.28. The van der Waals surface area contributed by atoms with Crippen LogP contribution in [0, 0.1) is 11.3 Å². The third-order valence-electron chi connectivity index (χ3n) is 5.56. The highest BCUT2D eigenvalue weighted by atomic mass is 35.5. The van der Waals surface area contributed by atoms with E-state index in [1.807, 2.05) is 13.0 Å². The van der Waals surface area contributed by atoms with Gasteiger partial charge < -0.3 is 9.15 Å². The minimum absolute atomic E-state index is 0.143. The number of thiazole rings is 1. The molecule has 39 heavy (non-hydrogen) atoms. The van der Waals surface area contributed by atoms with Crippen molar-refractivity contribution in [1.29, 1.82) is 5.26 Å². The summed E-state index contributed by atoms with van der Waals surface area (Å²) in [6.07, 6.45) is 5.27. The average Bonchev–Trinajstić information content (AvgIpc) is 3.59. The van der Waals surface area contributed by atoms with Gasteiger partial charge >= 0.3 is 5.97 Å². The van der Waals surface area contributed by atoms with E-state index < -0.39 is 5.91 Å². The number of rotatable bonds is 10. The fourth-order valence-electron chi connectivity index (χ4n) is 3.52. The zero-order valence-corrected chi connectivity index (χ0v) is 23.2. The van der Waals surface area contributed by atoms with Crippen molar-refractivity contribution < 1.29 is 18.7 Å². The molecule has 0 saturated carbocycles. The van der Waals surface area contributed by atoms with Crippen LogP contribution >= 0.6 is 34.5 Å². The Morgan fingerprint density at radius 2 is 1.95 bits per heavy atom. The molecule has 2 aromatic carbocycles. The molecule has 0 spiro atoms. The number of unbranched alkanes of at least 4 members (excludes halogenated alkanes) is 1. The van der Waals surface area contributed by atoms with Crippen molar-refractivity contribution >= 4 is 57.6 Å². The number of nitriles is 1. The summed E-state index contributed by atoms with van der Waals surface area (Å²) in [7, 11) is 0. The number of benzene rings is 2. The van der Waals surface area contributed by atoms with Crippen LogP contribution in [0.3, 0.4) is 0 Å². The SMILES string of the molecule is CCCCOC(=O)c1ccc(-c2ccc(C=C(C#N)C(=O)Nc3ncc(Cc4cc(Cl)ccc4Cl)s3)o2)cc1. The summed E-state index contributed by atoms with van der Waals surface area (Å²) in [5.74, 6) is -0.129. The van der Waals surface area contributed by atoms with Gasteiger partial charge in [-0.15, -0.1) is 11.3 Å². The molecule has 4 aromatic rings. The molecule has 0 saturated heterocycles. The van der Waals surface area contributed by atoms with E-state index >= 15 is 0 Å². The monoisotopic (exact) mass is 579 g/mol. The van der Waals surface area contributed by atoms with Gasteiger partial charge in [-0.25, -0.2) is 9.78 Å². The molecule has 0 radical (unpaired) electrons. The first-order valence-corrected chi connectivity index (χ1v) is 13.6. The molecule has 7 nitrogen and oxygen atoms in total. The number of carbonyl (C=O) groups excluding carboxylic acids is 2. The van der Waals surface area contributed by atoms with Crippen LogP contribution < -0.4 is 5.32 Å². The maximum absolute atomic E-state index is 12.7. The highest BCUT2D eigenvalue weighted by molar-refractivity contribution is 7.15. The van der Waals surface area contributed by atoms with Crippen LogP contribution in [0.5, 0.6) is 0 Å². The molecule has 0 unspecified atom stereocenters. The molecule has 0 aliphatic heterocycles. The lowest BCUT2D eigenvalue weighted by molar-refractivity contribution is -0.112. The van der Waals surface area contributed by atoms with E-state index in [9.17, 15) is 14.9 Å². The second-order valence-corrected chi connectivity index (χ2v) is 10.4. The smallest absolute Gasteiger partial charge is 0.338 e. The van der Waals surface area contributed by atoms with Crippen LogP contribution in [0.2, 0.25) is 10.0 Å². The molecule has 0 bridgehead atoms. The number of hydrogen-bond acceptors (Lipinski definition) is 7. The standard InChI is InChI=1S/C29H23Cl2N3O4S/c1-2-3-12-37-28(36)19-6-4-18(5-7-19)26-11-9-23(38-26)14-21(16-32)27(35)34-29-33-17-24(39-29)15-20-13-22(30)8-10-25(20)31/h4-11,13-14,17H,2-3,12,15H2,1H3,(H,33,34,35). The summed E-state index contributed by atoms with van der Waals surface area (Å²) in [5, 5.41) is 13.7. The lowest BCUT2D eigenvalue weighted by Gasteiger charge is -2.04. The molecule has 198 valence electrons. The number of halogens is 2. The van der Waals surface area contributed by atoms with Crippen LogP contribution in [0.25, 0.3) is 17.4 Å². The number of carbonyl (C=O) groups is 2. The second kappa shape index (κ2) is 13.3. The summed E-state index contributed by atoms with van der Waals surface area (Å²) < 4.78 is 11.0. The predicted octanol–water partition coefficient (Wildman–Crippen LogP) is 7.80. The molecule has 4 rings (SSSR count). The van der Waals surface area contributed by atoms with E-state index in [1.54, 1.807) is 60.8 Å². The second-order valence-electron chi connectivity index (χ2n) is 8.44. The minimum Gasteiger partial charge on any atom is -0.462 e. The van der Waals surface area contributed by atoms with Gasteiger partial charge in [0.2, 0.25) is 0 Å². The van der Waals surface area contributed by atoms with Crippen molar-refractivity contribution in [2.45, 2.75) is 26.2 Å². The van der Waals surface area contributed by atoms with Gasteiger partial charge in [-0.1, -0.05) is 48.7 Å². The summed E-state index contributed by atoms with van der Waals surface area (Å²) in [4.78, 5) is 29.9. The van der Waals surface area contributed by atoms with E-state index in [0.717, 1.165) is 28.8 Å². The molecule has 0 aliphatic carbocycles. The largest absolute Gasteiger partial charge is 0.462 e. The van der Waals surface area contributed by atoms with Crippen molar-refractivity contribution in [3.63, 3.8) is 0 Å². The first-order chi connectivity index (χ1) is 18.9. The van der Waals surface area contributed by atoms with Crippen molar-refractivity contribution in [2.75, 3.05) is 11.9 Å². The van der Waals surface area contributed by atoms with Crippen LogP contribution in [0.1, 0.15) is 46.3 Å². The Morgan fingerprint density at radius 1 is 1.15 bits per heavy atom. The van der Waals surface area contributed by atoms with Gasteiger partial charge in [0.15, 0.2) is 5.13 Å². The van der Waals surface area contributed by atoms with E-state index in [2.05, 4.69) is 10.3 Å². The Hall–Kier alpha value is -3.90. The lowest BCUT2D eigenvalue weighted by Crippen LogP contribution is -2.13. The van der Waals surface area contributed by atoms with Crippen molar-refractivity contribution in [2.24, 2.45) is 0 Å². The first-order valence-electron chi connectivity index (χ1n) is 12.1. The zero-order chi connectivity index (χ0) is 27.8. The first kappa shape index (κ1) is 28.1. The Kier molecular flexibility index (Phi) is 9.55. The molecule has 0 fully saturated rings. The molecule has 2 aromatic heterocycles. The maximum atomic E-state index is 12.7. The normalized spacial score (nSPS) is 11.2. The lowest BCUT2D eigenvalue weighted by atomic mass is 10.1. The maximum Gasteiger partial charge on any atom is 0.338 e. The number of aromatic nitrogens is 1. The van der Waals surface area contributed by atoms with Crippen molar-refractivity contribution in [3.05, 3.63) is 98.2 Å². The summed E-state index contributed by atoms with van der Waals surface area (Å²) in [5.41, 5.74) is 1.89. The van der Waals surface area contributed by atoms with Gasteiger partial charge in [-0.05, 0) is 54.4 Å². The molecule has 10 heteroatoms. The van der Waals surface area contributed by atoms with Gasteiger partial charge in [-0.2, -0.15) is 5.26 Å². The number of esters is 1. The number of anilines is 1. The molecular weight excluding hydrogens is 557 g/mol. The Bertz CT molecular complexity index is 1550. The molecule has 0 aliphatic rings. The zero-order valence-electron chi connectivity index (χ0n) is 20.9. The van der Waals surface area contributed by atoms with E-state index in [0.29, 0.717) is 45.3 Å². The summed E-state index contributed by atoms with van der Waals surface area (Å²) in [6, 6.07) is 17.3. The molecule has 1 amide bonds. The van der Waals surface area contributed by atoms with Gasteiger partial charge in [0.25, 0.3) is 5.91 Å². The van der Waals surface area contributed by atoms with E-state index in [1.165, 1.54) is 17.4 Å². The molecule has 2 heterocycles. The quantitative estimate of drug-likeness (QED) is 0.0888. The number of furan rings is 1. The van der Waals surface area contributed by atoms with Gasteiger partial charge in [0.05, 0.1) is 12.2 Å². The van der Waals surface area contributed by atoms with E-state index in [-0.39, 0.29) is 11.5 Å². The number of nitrogens with one attached hydrogen (secondary N) is 1. The highest BCUT2D eigenvalue weighted by Gasteiger charge is 2.15. The number of nitrogens with zero attached hydrogens (tertiary/aromatic N) is 2. The third-order valence-corrected chi connectivity index (χ3v) is 7.08. The molecule has 0 atom stereocenters. The van der Waals surface area contributed by atoms with Gasteiger partial charge in [-0.3, -0.25) is 10.1 Å². The summed E-state index contributed by atoms with van der Waals surface area (Å²) in [6.45, 7) is 2.42. The van der Waals surface area contributed by atoms with Crippen molar-refractivity contribution in [3.8, 4) is 17.4 Å². The van der Waals surface area contributed by atoms with Crippen LogP contribution in [-0.4, -0.2) is 23.5 Å². The van der Waals surface area contributed by atoms with Gasteiger partial charge in [0, 0.05) is 39.2 Å². The molecule has 1 N–H and O–H groups in total. The number of hydrogen-bond donors (Lipinski definition) is 1. The van der Waals surface area contributed by atoms with Crippen LogP contribution in [0.15, 0.2) is 70.8 Å². The Balaban J connectivity index is 1.40.